The van der Waals surface area contributed by atoms with Gasteiger partial charge in [-0.25, -0.2) is 4.79 Å². The van der Waals surface area contributed by atoms with Gasteiger partial charge in [0.05, 0.1) is 0 Å². The maximum atomic E-state index is 12.2. The molecule has 3 unspecified atom stereocenters. The lowest BCUT2D eigenvalue weighted by atomic mass is 9.82. The standard InChI is InChI=1S/C14H27N3O2/c1-14(2,3)19-13(18)17-8-11-10(7-15)5-6-16(4)12(11)9-17/h10-12H,5-9,15H2,1-4H3. The topological polar surface area (TPSA) is 58.8 Å². The van der Waals surface area contributed by atoms with E-state index in [-0.39, 0.29) is 6.09 Å². The minimum atomic E-state index is -0.427. The summed E-state index contributed by atoms with van der Waals surface area (Å²) >= 11 is 0. The highest BCUT2D eigenvalue weighted by Gasteiger charge is 2.44. The Balaban J connectivity index is 2.02. The second kappa shape index (κ2) is 5.29. The van der Waals surface area contributed by atoms with Crippen molar-refractivity contribution in [2.24, 2.45) is 17.6 Å². The van der Waals surface area contributed by atoms with Gasteiger partial charge in [-0.1, -0.05) is 0 Å². The molecule has 1 amide bonds. The molecule has 3 atom stereocenters. The van der Waals surface area contributed by atoms with E-state index in [1.165, 1.54) is 0 Å². The minimum Gasteiger partial charge on any atom is -0.444 e. The number of nitrogens with zero attached hydrogens (tertiary/aromatic N) is 2. The number of nitrogens with two attached hydrogens (primary N) is 1. The van der Waals surface area contributed by atoms with Crippen molar-refractivity contribution in [1.82, 2.24) is 9.80 Å². The number of likely N-dealkylation sites (tertiary alicyclic amines) is 2. The third-order valence-electron chi connectivity index (χ3n) is 4.31. The zero-order valence-corrected chi connectivity index (χ0v) is 12.6. The quantitative estimate of drug-likeness (QED) is 0.775. The van der Waals surface area contributed by atoms with Crippen LogP contribution in [0.5, 0.6) is 0 Å². The van der Waals surface area contributed by atoms with E-state index < -0.39 is 5.60 Å². The van der Waals surface area contributed by atoms with Crippen molar-refractivity contribution in [1.29, 1.82) is 0 Å². The molecular weight excluding hydrogens is 242 g/mol. The minimum absolute atomic E-state index is 0.189. The van der Waals surface area contributed by atoms with Gasteiger partial charge < -0.3 is 20.3 Å². The number of ether oxygens (including phenoxy) is 1. The predicted octanol–water partition coefficient (Wildman–Crippen LogP) is 1.13. The van der Waals surface area contributed by atoms with Crippen LogP contribution in [0.15, 0.2) is 0 Å². The summed E-state index contributed by atoms with van der Waals surface area (Å²) in [5.41, 5.74) is 5.45. The van der Waals surface area contributed by atoms with Gasteiger partial charge in [0.25, 0.3) is 0 Å². The summed E-state index contributed by atoms with van der Waals surface area (Å²) in [5, 5.41) is 0. The van der Waals surface area contributed by atoms with Crippen LogP contribution >= 0.6 is 0 Å². The molecule has 5 heteroatoms. The number of fused-ring (bicyclic) bond motifs is 1. The van der Waals surface area contributed by atoms with E-state index in [1.54, 1.807) is 0 Å². The van der Waals surface area contributed by atoms with Crippen molar-refractivity contribution in [2.45, 2.75) is 38.8 Å². The molecule has 0 aromatic rings. The first kappa shape index (κ1) is 14.6. The Morgan fingerprint density at radius 3 is 2.63 bits per heavy atom. The summed E-state index contributed by atoms with van der Waals surface area (Å²) in [6.07, 6.45) is 0.946. The van der Waals surface area contributed by atoms with E-state index in [2.05, 4.69) is 11.9 Å². The molecule has 2 rings (SSSR count). The smallest absolute Gasteiger partial charge is 0.410 e. The Labute approximate surface area is 116 Å². The van der Waals surface area contributed by atoms with Crippen LogP contribution in [0.1, 0.15) is 27.2 Å². The van der Waals surface area contributed by atoms with Crippen LogP contribution in [0, 0.1) is 11.8 Å². The first-order valence-electron chi connectivity index (χ1n) is 7.20. The van der Waals surface area contributed by atoms with Gasteiger partial charge in [0.1, 0.15) is 5.60 Å². The van der Waals surface area contributed by atoms with E-state index in [4.69, 9.17) is 10.5 Å². The molecule has 0 aliphatic carbocycles. The van der Waals surface area contributed by atoms with Gasteiger partial charge in [-0.15, -0.1) is 0 Å². The van der Waals surface area contributed by atoms with E-state index >= 15 is 0 Å². The molecule has 19 heavy (non-hydrogen) atoms. The highest BCUT2D eigenvalue weighted by atomic mass is 16.6. The fourth-order valence-corrected chi connectivity index (χ4v) is 3.26. The molecule has 0 spiro atoms. The fraction of sp³-hybridized carbons (Fsp3) is 0.929. The maximum absolute atomic E-state index is 12.2. The number of likely N-dealkylation sites (N-methyl/N-ethyl adjacent to an activating group) is 1. The van der Waals surface area contributed by atoms with Gasteiger partial charge in [0, 0.05) is 19.1 Å². The van der Waals surface area contributed by atoms with Gasteiger partial charge in [-0.2, -0.15) is 0 Å². The van der Waals surface area contributed by atoms with Crippen molar-refractivity contribution in [3.05, 3.63) is 0 Å². The van der Waals surface area contributed by atoms with Gasteiger partial charge >= 0.3 is 6.09 Å². The van der Waals surface area contributed by atoms with E-state index in [9.17, 15) is 4.79 Å². The number of carbonyl (C=O) groups excluding carboxylic acids is 1. The van der Waals surface area contributed by atoms with Crippen molar-refractivity contribution < 1.29 is 9.53 Å². The molecule has 2 N–H and O–H groups in total. The Morgan fingerprint density at radius 1 is 1.37 bits per heavy atom. The molecule has 0 bridgehead atoms. The Hall–Kier alpha value is -0.810. The molecule has 2 saturated heterocycles. The Morgan fingerprint density at radius 2 is 2.05 bits per heavy atom. The van der Waals surface area contributed by atoms with Crippen LogP contribution in [0.4, 0.5) is 4.79 Å². The summed E-state index contributed by atoms with van der Waals surface area (Å²) in [6.45, 7) is 9.06. The lowest BCUT2D eigenvalue weighted by Crippen LogP contribution is -2.48. The van der Waals surface area contributed by atoms with Crippen LogP contribution in [-0.2, 0) is 4.74 Å². The zero-order chi connectivity index (χ0) is 14.2. The monoisotopic (exact) mass is 269 g/mol. The third-order valence-corrected chi connectivity index (χ3v) is 4.31. The molecule has 0 saturated carbocycles. The van der Waals surface area contributed by atoms with E-state index in [0.29, 0.717) is 17.9 Å². The number of carbonyl (C=O) groups is 1. The van der Waals surface area contributed by atoms with Crippen molar-refractivity contribution in [3.63, 3.8) is 0 Å². The van der Waals surface area contributed by atoms with Crippen molar-refractivity contribution in [2.75, 3.05) is 33.2 Å². The molecule has 5 nitrogen and oxygen atoms in total. The molecule has 2 aliphatic heterocycles. The summed E-state index contributed by atoms with van der Waals surface area (Å²) in [7, 11) is 2.14. The largest absolute Gasteiger partial charge is 0.444 e. The van der Waals surface area contributed by atoms with E-state index in [1.807, 2.05) is 25.7 Å². The van der Waals surface area contributed by atoms with Crippen LogP contribution < -0.4 is 5.73 Å². The number of hydrogen-bond donors (Lipinski definition) is 1. The third kappa shape index (κ3) is 3.20. The maximum Gasteiger partial charge on any atom is 0.410 e. The van der Waals surface area contributed by atoms with Crippen LogP contribution in [0.3, 0.4) is 0 Å². The van der Waals surface area contributed by atoms with Gasteiger partial charge in [-0.3, -0.25) is 0 Å². The summed E-state index contributed by atoms with van der Waals surface area (Å²) in [6, 6.07) is 0.440. The normalized spacial score (nSPS) is 32.3. The molecule has 110 valence electrons. The molecular formula is C14H27N3O2. The predicted molar refractivity (Wildman–Crippen MR) is 74.9 cm³/mol. The average molecular weight is 269 g/mol. The Bertz CT molecular complexity index is 340. The van der Waals surface area contributed by atoms with Crippen molar-refractivity contribution in [3.8, 4) is 0 Å². The second-order valence-electron chi connectivity index (χ2n) is 6.88. The molecule has 0 aromatic heterocycles. The SMILES string of the molecule is CN1CCC(CN)C2CN(C(=O)OC(C)(C)C)CC21. The number of amides is 1. The molecule has 0 radical (unpaired) electrons. The number of rotatable bonds is 1. The highest BCUT2D eigenvalue weighted by molar-refractivity contribution is 5.68. The van der Waals surface area contributed by atoms with E-state index in [0.717, 1.165) is 32.6 Å². The van der Waals surface area contributed by atoms with Crippen LogP contribution in [0.2, 0.25) is 0 Å². The molecule has 2 heterocycles. The summed E-state index contributed by atoms with van der Waals surface area (Å²) in [4.78, 5) is 16.4. The molecule has 0 aromatic carbocycles. The lowest BCUT2D eigenvalue weighted by Gasteiger charge is -2.38. The zero-order valence-electron chi connectivity index (χ0n) is 12.6. The highest BCUT2D eigenvalue weighted by Crippen LogP contribution is 2.34. The van der Waals surface area contributed by atoms with Crippen LogP contribution in [0.25, 0.3) is 0 Å². The number of hydrogen-bond acceptors (Lipinski definition) is 4. The summed E-state index contributed by atoms with van der Waals surface area (Å²) < 4.78 is 5.47. The lowest BCUT2D eigenvalue weighted by molar-refractivity contribution is 0.0281. The fourth-order valence-electron chi connectivity index (χ4n) is 3.26. The average Bonchev–Trinajstić information content (AvgIpc) is 2.73. The van der Waals surface area contributed by atoms with Gasteiger partial charge in [0.15, 0.2) is 0 Å². The first-order valence-corrected chi connectivity index (χ1v) is 7.20. The molecule has 2 fully saturated rings. The number of piperidine rings is 1. The van der Waals surface area contributed by atoms with Crippen LogP contribution in [-0.4, -0.2) is 60.8 Å². The van der Waals surface area contributed by atoms with Crippen molar-refractivity contribution >= 4 is 6.09 Å². The summed E-state index contributed by atoms with van der Waals surface area (Å²) in [5.74, 6) is 1.03. The van der Waals surface area contributed by atoms with Gasteiger partial charge in [0.2, 0.25) is 0 Å². The second-order valence-corrected chi connectivity index (χ2v) is 6.88. The first-order chi connectivity index (χ1) is 8.81. The molecule has 2 aliphatic rings. The van der Waals surface area contributed by atoms with Gasteiger partial charge in [-0.05, 0) is 59.2 Å². The Kier molecular flexibility index (Phi) is 4.06.